The maximum Gasteiger partial charge on any atom is 0.167 e. The van der Waals surface area contributed by atoms with E-state index in [1.807, 2.05) is 166 Å². The van der Waals surface area contributed by atoms with E-state index in [2.05, 4.69) is 87.7 Å². The number of phenols is 4. The normalized spacial score (nSPS) is 11.6. The highest BCUT2D eigenvalue weighted by atomic mass is 16.5. The van der Waals surface area contributed by atoms with Crippen LogP contribution >= 0.6 is 0 Å². The van der Waals surface area contributed by atoms with Crippen LogP contribution in [-0.2, 0) is 24.0 Å². The van der Waals surface area contributed by atoms with Crippen molar-refractivity contribution >= 4 is 22.1 Å². The van der Waals surface area contributed by atoms with Gasteiger partial charge >= 0.3 is 0 Å². The molecular weight excluding hydrogens is 1520 g/mol. The molecule has 0 aliphatic rings. The molecule has 0 radical (unpaired) electrons. The SMILES string of the molecule is CCC(CC)COCC(O)COc1ccc(-c2nc(-c3ccc(C)cc3C)nc(-c3ccc(C)cc3C)n2)c(O)c1.CCCCCCCCc1cc(Cc2cc(CCCCCCCC)cc(-n3nc4ccccc4n3)c2O)c(O)c(-n2nc3ccccc3n2)c1.CCCCCCOc1ccc(-c2nc(-c3ccccc3)nc(-c3ccccc3)n2)c(O)c1. The second-order valence-corrected chi connectivity index (χ2v) is 31.8. The lowest BCUT2D eigenvalue weighted by atomic mass is 9.95. The van der Waals surface area contributed by atoms with Crippen molar-refractivity contribution in [2.24, 2.45) is 5.92 Å². The summed E-state index contributed by atoms with van der Waals surface area (Å²) < 4.78 is 17.2. The van der Waals surface area contributed by atoms with Crippen LogP contribution in [0.4, 0.5) is 0 Å². The molecule has 4 heterocycles. The Labute approximate surface area is 718 Å². The molecule has 0 aliphatic carbocycles. The van der Waals surface area contributed by atoms with Crippen molar-refractivity contribution in [2.75, 3.05) is 26.4 Å². The number of ether oxygens (including phenoxy) is 3. The topological polar surface area (TPSA) is 268 Å². The van der Waals surface area contributed by atoms with Crippen molar-refractivity contribution < 1.29 is 39.7 Å². The average molecular weight is 1640 g/mol. The van der Waals surface area contributed by atoms with Crippen LogP contribution in [0, 0.1) is 33.6 Å². The van der Waals surface area contributed by atoms with Gasteiger partial charge in [0.15, 0.2) is 34.9 Å². The Morgan fingerprint density at radius 3 is 1.12 bits per heavy atom. The fourth-order valence-corrected chi connectivity index (χ4v) is 14.9. The van der Waals surface area contributed by atoms with Crippen molar-refractivity contribution in [1.82, 2.24) is 59.9 Å². The zero-order valence-corrected chi connectivity index (χ0v) is 72.3. The fourth-order valence-electron chi connectivity index (χ4n) is 14.9. The number of aliphatic hydroxyl groups excluding tert-OH is 1. The van der Waals surface area contributed by atoms with Crippen molar-refractivity contribution in [3.8, 4) is 114 Å². The van der Waals surface area contributed by atoms with Gasteiger partial charge in [0.2, 0.25) is 0 Å². The molecule has 0 spiro atoms. The van der Waals surface area contributed by atoms with Gasteiger partial charge in [-0.15, -0.1) is 30.0 Å². The number of hydrogen-bond acceptors (Lipinski definition) is 18. The summed E-state index contributed by atoms with van der Waals surface area (Å²) in [4.78, 5) is 31.5. The first kappa shape index (κ1) is 89.0. The molecule has 0 fully saturated rings. The van der Waals surface area contributed by atoms with E-state index in [4.69, 9.17) is 49.6 Å². The van der Waals surface area contributed by atoms with E-state index in [9.17, 15) is 25.5 Å². The summed E-state index contributed by atoms with van der Waals surface area (Å²) in [7, 11) is 0. The number of aromatic hydroxyl groups is 4. The number of phenolic OH excluding ortho intramolecular Hbond substituents is 4. The lowest BCUT2D eigenvalue weighted by molar-refractivity contribution is -0.000392. The van der Waals surface area contributed by atoms with Gasteiger partial charge in [0.25, 0.3) is 0 Å². The molecule has 4 aromatic heterocycles. The number of unbranched alkanes of at least 4 members (excludes halogenated alkanes) is 13. The van der Waals surface area contributed by atoms with E-state index < -0.39 is 6.10 Å². The molecule has 122 heavy (non-hydrogen) atoms. The van der Waals surface area contributed by atoms with E-state index in [1.54, 1.807) is 33.9 Å². The summed E-state index contributed by atoms with van der Waals surface area (Å²) in [5.74, 6) is 4.86. The number of hydrogen-bond donors (Lipinski definition) is 5. The molecule has 1 atom stereocenters. The highest BCUT2D eigenvalue weighted by molar-refractivity contribution is 5.77. The Balaban J connectivity index is 0.000000171. The second-order valence-electron chi connectivity index (χ2n) is 31.8. The Hall–Kier alpha value is -12.3. The highest BCUT2D eigenvalue weighted by Crippen LogP contribution is 2.39. The Bertz CT molecular complexity index is 5360. The fraction of sp³-hybridized carbons (Fsp3) is 0.353. The van der Waals surface area contributed by atoms with Gasteiger partial charge in [-0.1, -0.05) is 276 Å². The zero-order valence-electron chi connectivity index (χ0n) is 72.3. The predicted octanol–water partition coefficient (Wildman–Crippen LogP) is 23.5. The molecule has 1 unspecified atom stereocenters. The third-order valence-electron chi connectivity index (χ3n) is 22.0. The Kier molecular flexibility index (Phi) is 32.7. The summed E-state index contributed by atoms with van der Waals surface area (Å²) >= 11 is 0. The molecule has 10 aromatic carbocycles. The average Bonchev–Trinajstić information content (AvgIpc) is 1.74. The number of aryl methyl sites for hydroxylation is 6. The number of aromatic nitrogens is 12. The molecule has 14 aromatic rings. The van der Waals surface area contributed by atoms with Crippen LogP contribution in [-0.4, -0.2) is 118 Å². The van der Waals surface area contributed by atoms with Gasteiger partial charge in [-0.2, -0.15) is 0 Å². The second kappa shape index (κ2) is 44.9. The van der Waals surface area contributed by atoms with Crippen LogP contribution in [0.25, 0.3) is 102 Å². The molecule has 0 amide bonds. The number of benzene rings is 10. The number of nitrogens with zero attached hydrogens (tertiary/aromatic N) is 12. The van der Waals surface area contributed by atoms with Gasteiger partial charge in [0.1, 0.15) is 80.6 Å². The summed E-state index contributed by atoms with van der Waals surface area (Å²) in [6.45, 7) is 20.7. The van der Waals surface area contributed by atoms with Gasteiger partial charge in [-0.3, -0.25) is 0 Å². The predicted molar refractivity (Wildman–Crippen MR) is 489 cm³/mol. The van der Waals surface area contributed by atoms with Gasteiger partial charge in [-0.05, 0) is 149 Å². The van der Waals surface area contributed by atoms with Gasteiger partial charge < -0.3 is 39.7 Å². The third kappa shape index (κ3) is 24.5. The standard InChI is InChI=1S/C41H50N6O2.C34H41N3O4.C27H27N3O2/c1-3-5-7-9-11-13-19-30-25-32(40(48)38(27-30)46-42-34-21-15-16-22-35(34)43-46)29-33-26-31(20-14-12-10-8-6-4-2)28-39(41(33)49)47-44-36-23-17-18-24-37(36)45-47;1-7-25(8-2)18-40-19-26(38)20-41-27-11-14-30(31(39)17-27)34-36-32(28-12-9-21(3)15-23(28)5)35-33(37-34)29-13-10-22(4)16-24(29)6;1-2-3-4-11-18-32-22-16-17-23(24(31)19-22)27-29-25(20-12-7-5-8-13-20)28-26(30-27)21-14-9-6-10-15-21/h15-18,21-28,48-49H,3-14,19-20,29H2,1-2H3;9-17,25-26,38-39H,7-8,18-20H2,1-6H3;5-10,12-17,19,31H,2-4,11,18H2,1H3. The minimum absolute atomic E-state index is 0.0219. The Morgan fingerprint density at radius 2 is 0.713 bits per heavy atom. The zero-order chi connectivity index (χ0) is 85.7. The maximum atomic E-state index is 11.8. The van der Waals surface area contributed by atoms with Crippen molar-refractivity contribution in [2.45, 2.75) is 203 Å². The van der Waals surface area contributed by atoms with Crippen LogP contribution in [0.5, 0.6) is 34.5 Å². The molecule has 0 saturated carbocycles. The van der Waals surface area contributed by atoms with Gasteiger partial charge in [0, 0.05) is 58.5 Å². The molecule has 5 N–H and O–H groups in total. The molecule has 14 rings (SSSR count). The van der Waals surface area contributed by atoms with E-state index in [0.717, 1.165) is 140 Å². The van der Waals surface area contributed by atoms with Crippen LogP contribution in [0.3, 0.4) is 0 Å². The van der Waals surface area contributed by atoms with Gasteiger partial charge in [-0.25, -0.2) is 29.9 Å². The third-order valence-corrected chi connectivity index (χ3v) is 22.0. The van der Waals surface area contributed by atoms with E-state index in [-0.39, 0.29) is 36.2 Å². The molecule has 0 aliphatic heterocycles. The molecule has 20 heteroatoms. The van der Waals surface area contributed by atoms with Crippen LogP contribution < -0.4 is 9.47 Å². The Morgan fingerprint density at radius 1 is 0.344 bits per heavy atom. The first-order valence-electron chi connectivity index (χ1n) is 43.8. The lowest BCUT2D eigenvalue weighted by Crippen LogP contribution is -2.24. The first-order valence-corrected chi connectivity index (χ1v) is 43.8. The molecule has 20 nitrogen and oxygen atoms in total. The van der Waals surface area contributed by atoms with E-state index in [0.29, 0.717) is 94.5 Å². The van der Waals surface area contributed by atoms with Gasteiger partial charge in [0.05, 0.1) is 24.3 Å². The van der Waals surface area contributed by atoms with E-state index >= 15 is 0 Å². The van der Waals surface area contributed by atoms with E-state index in [1.165, 1.54) is 83.1 Å². The summed E-state index contributed by atoms with van der Waals surface area (Å²) in [5, 5.41) is 74.4. The van der Waals surface area contributed by atoms with Crippen LogP contribution in [0.1, 0.15) is 195 Å². The number of rotatable bonds is 39. The lowest BCUT2D eigenvalue weighted by Gasteiger charge is -2.16. The molecule has 0 bridgehead atoms. The minimum atomic E-state index is -0.768. The minimum Gasteiger partial charge on any atom is -0.507 e. The quantitative estimate of drug-likeness (QED) is 0.0224. The van der Waals surface area contributed by atoms with Crippen molar-refractivity contribution in [1.29, 1.82) is 0 Å². The summed E-state index contributed by atoms with van der Waals surface area (Å²) in [6, 6.07) is 65.8. The monoisotopic (exact) mass is 1640 g/mol. The number of fused-ring (bicyclic) bond motifs is 2. The van der Waals surface area contributed by atoms with Crippen LogP contribution in [0.15, 0.2) is 206 Å². The van der Waals surface area contributed by atoms with Crippen molar-refractivity contribution in [3.05, 3.63) is 251 Å². The molecule has 0 saturated heterocycles. The summed E-state index contributed by atoms with van der Waals surface area (Å²) in [5.41, 5.74) is 16.9. The smallest absolute Gasteiger partial charge is 0.167 e. The first-order chi connectivity index (χ1) is 59.5. The molecular formula is C102H118N12O8. The summed E-state index contributed by atoms with van der Waals surface area (Å²) in [6.07, 6.45) is 22.5. The number of aliphatic hydroxyl groups is 1. The highest BCUT2D eigenvalue weighted by Gasteiger charge is 2.24. The molecule has 634 valence electrons. The van der Waals surface area contributed by atoms with Crippen LogP contribution in [0.2, 0.25) is 0 Å². The largest absolute Gasteiger partial charge is 0.507 e. The maximum absolute atomic E-state index is 11.8. The van der Waals surface area contributed by atoms with Crippen molar-refractivity contribution in [3.63, 3.8) is 0 Å².